The molecule has 0 bridgehead atoms. The van der Waals surface area contributed by atoms with E-state index in [1.54, 1.807) is 0 Å². The molecule has 99 heavy (non-hydrogen) atoms. The van der Waals surface area contributed by atoms with Gasteiger partial charge in [-0.1, -0.05) is 291 Å². The van der Waals surface area contributed by atoms with Gasteiger partial charge in [0.25, 0.3) is 0 Å². The van der Waals surface area contributed by atoms with Crippen molar-refractivity contribution >= 4 is 185 Å². The third kappa shape index (κ3) is 8.90. The molecule has 18 aromatic carbocycles. The van der Waals surface area contributed by atoms with E-state index in [-0.39, 0.29) is 5.28 Å². The molecule has 0 aliphatic heterocycles. The van der Waals surface area contributed by atoms with Crippen molar-refractivity contribution in [1.29, 1.82) is 0 Å². The number of aromatic amines is 1. The summed E-state index contributed by atoms with van der Waals surface area (Å²) >= 11 is 6.15. The van der Waals surface area contributed by atoms with E-state index < -0.39 is 0 Å². The minimum Gasteiger partial charge on any atom is -0.354 e. The Kier molecular flexibility index (Phi) is 12.9. The van der Waals surface area contributed by atoms with E-state index in [1.165, 1.54) is 119 Å². The summed E-state index contributed by atoms with van der Waals surface area (Å²) in [6.45, 7) is 0. The molecule has 0 fully saturated rings. The number of nitrogens with zero attached hydrogens (tertiary/aromatic N) is 5. The number of nitrogens with one attached hydrogen (secondary N) is 1. The summed E-state index contributed by atoms with van der Waals surface area (Å²) in [4.78, 5) is 23.5. The predicted molar refractivity (Wildman–Crippen MR) is 420 cm³/mol. The maximum Gasteiger partial charge on any atom is 0.235 e. The fraction of sp³-hybridized carbons (Fsp3) is 0. The highest BCUT2D eigenvalue weighted by Crippen LogP contribution is 2.47. The molecule has 7 heteroatoms. The number of rotatable bonds is 3. The molecule has 460 valence electrons. The van der Waals surface area contributed by atoms with Crippen LogP contribution >= 0.6 is 11.6 Å². The maximum atomic E-state index is 6.15. The van der Waals surface area contributed by atoms with Crippen LogP contribution in [0.1, 0.15) is 0 Å². The molecule has 0 aliphatic rings. The van der Waals surface area contributed by atoms with Gasteiger partial charge in [0.1, 0.15) is 0 Å². The van der Waals surface area contributed by atoms with Gasteiger partial charge in [-0.05, 0) is 134 Å². The van der Waals surface area contributed by atoms with E-state index in [0.29, 0.717) is 5.95 Å². The monoisotopic (exact) mass is 1280 g/mol. The van der Waals surface area contributed by atoms with Crippen LogP contribution in [0.25, 0.3) is 202 Å². The van der Waals surface area contributed by atoms with E-state index in [0.717, 1.165) is 76.9 Å². The van der Waals surface area contributed by atoms with Crippen LogP contribution in [0.4, 0.5) is 0 Å². The normalized spacial score (nSPS) is 11.9. The molecule has 4 aromatic heterocycles. The molecule has 0 aliphatic carbocycles. The van der Waals surface area contributed by atoms with Crippen molar-refractivity contribution < 1.29 is 0 Å². The predicted octanol–water partition coefficient (Wildman–Crippen LogP) is 25.2. The van der Waals surface area contributed by atoms with Crippen molar-refractivity contribution in [3.8, 4) is 28.5 Å². The lowest BCUT2D eigenvalue weighted by molar-refractivity contribution is 1.02. The minimum absolute atomic E-state index is 0.276. The number of fused-ring (bicyclic) bond motifs is 30. The van der Waals surface area contributed by atoms with Gasteiger partial charge in [0, 0.05) is 76.0 Å². The second-order valence-electron chi connectivity index (χ2n) is 25.6. The molecule has 0 spiro atoms. The fourth-order valence-electron chi connectivity index (χ4n) is 16.0. The zero-order valence-electron chi connectivity index (χ0n) is 53.3. The van der Waals surface area contributed by atoms with Crippen molar-refractivity contribution in [1.82, 2.24) is 29.5 Å². The first kappa shape index (κ1) is 56.5. The molecule has 0 saturated carbocycles. The first-order chi connectivity index (χ1) is 49.1. The van der Waals surface area contributed by atoms with E-state index >= 15 is 0 Å². The summed E-state index contributed by atoms with van der Waals surface area (Å²) in [5.74, 6) is 0.669. The van der Waals surface area contributed by atoms with Crippen molar-refractivity contribution in [2.75, 3.05) is 0 Å². The van der Waals surface area contributed by atoms with E-state index in [9.17, 15) is 0 Å². The lowest BCUT2D eigenvalue weighted by Crippen LogP contribution is -2.04. The van der Waals surface area contributed by atoms with Crippen LogP contribution in [-0.2, 0) is 0 Å². The molecule has 0 saturated heterocycles. The second-order valence-corrected chi connectivity index (χ2v) is 26.0. The second kappa shape index (κ2) is 22.6. The third-order valence-electron chi connectivity index (χ3n) is 20.3. The topological polar surface area (TPSA) is 72.3 Å². The number of halogens is 1. The molecule has 0 unspecified atom stereocenters. The van der Waals surface area contributed by atoms with Crippen LogP contribution < -0.4 is 0 Å². The standard InChI is InChI=1S/C46H27N3.C28H17N.C18H11ClN2/c1-2-14-30(15-3-1)44-38-24-22-29-13-5-7-17-32(29)45(38)48-46(47-44)49-39-26-23-28-12-4-6-16-31(28)42(39)43-40(49)27-25-37-35-20-9-8-18-33(35)34-19-10-11-21-36(34)41(37)43;1-2-8-18-17(7-1)13-15-24-27(18)28-25(29-24)16-14-23-21-11-4-3-9-19(21)20-10-5-6-12-22(20)26(23)28;19-18-20-16(13-7-2-1-3-8-13)15-11-10-12-6-4-5-9-14(12)17(15)21-18/h1-27H;1-16,29H;1-11H. The Morgan fingerprint density at radius 3 is 1.09 bits per heavy atom. The van der Waals surface area contributed by atoms with Gasteiger partial charge in [-0.3, -0.25) is 4.57 Å². The molecular formula is C92H55ClN6. The van der Waals surface area contributed by atoms with Crippen LogP contribution in [0, 0.1) is 0 Å². The smallest absolute Gasteiger partial charge is 0.235 e. The van der Waals surface area contributed by atoms with Gasteiger partial charge in [-0.25, -0.2) is 19.9 Å². The average Bonchev–Trinajstić information content (AvgIpc) is 1.59. The molecule has 4 heterocycles. The van der Waals surface area contributed by atoms with Crippen molar-refractivity contribution in [2.45, 2.75) is 0 Å². The van der Waals surface area contributed by atoms with Gasteiger partial charge in [0.05, 0.1) is 33.5 Å². The Labute approximate surface area is 571 Å². The summed E-state index contributed by atoms with van der Waals surface area (Å²) in [6.07, 6.45) is 0. The molecular weight excluding hydrogens is 1220 g/mol. The van der Waals surface area contributed by atoms with Gasteiger partial charge in [-0.15, -0.1) is 0 Å². The van der Waals surface area contributed by atoms with Gasteiger partial charge in [0.2, 0.25) is 11.2 Å². The van der Waals surface area contributed by atoms with E-state index in [1.807, 2.05) is 42.5 Å². The Morgan fingerprint density at radius 2 is 0.556 bits per heavy atom. The Morgan fingerprint density at radius 1 is 0.222 bits per heavy atom. The first-order valence-corrected chi connectivity index (χ1v) is 33.9. The van der Waals surface area contributed by atoms with Crippen molar-refractivity contribution in [3.63, 3.8) is 0 Å². The highest BCUT2D eigenvalue weighted by Gasteiger charge is 2.24. The highest BCUT2D eigenvalue weighted by molar-refractivity contribution is 6.39. The van der Waals surface area contributed by atoms with Crippen LogP contribution in [0.3, 0.4) is 0 Å². The zero-order chi connectivity index (χ0) is 65.2. The van der Waals surface area contributed by atoms with Crippen molar-refractivity contribution in [3.05, 3.63) is 333 Å². The molecule has 0 atom stereocenters. The molecule has 22 aromatic rings. The molecule has 22 rings (SSSR count). The van der Waals surface area contributed by atoms with Crippen LogP contribution in [0.2, 0.25) is 5.28 Å². The van der Waals surface area contributed by atoms with E-state index in [4.69, 9.17) is 21.6 Å². The van der Waals surface area contributed by atoms with Crippen LogP contribution in [0.15, 0.2) is 328 Å². The maximum absolute atomic E-state index is 6.15. The Bertz CT molecular complexity index is 7050. The minimum atomic E-state index is 0.276. The van der Waals surface area contributed by atoms with E-state index in [2.05, 4.69) is 305 Å². The summed E-state index contributed by atoms with van der Waals surface area (Å²) < 4.78 is 2.30. The summed E-state index contributed by atoms with van der Waals surface area (Å²) in [6, 6.07) is 117. The number of H-pyrrole nitrogens is 1. The lowest BCUT2D eigenvalue weighted by atomic mass is 9.91. The largest absolute Gasteiger partial charge is 0.354 e. The summed E-state index contributed by atoms with van der Waals surface area (Å²) in [5, 5.41) is 32.5. The molecule has 0 amide bonds. The Balaban J connectivity index is 0.000000112. The van der Waals surface area contributed by atoms with Crippen molar-refractivity contribution in [2.24, 2.45) is 0 Å². The van der Waals surface area contributed by atoms with Gasteiger partial charge < -0.3 is 4.98 Å². The number of hydrogen-bond acceptors (Lipinski definition) is 4. The zero-order valence-corrected chi connectivity index (χ0v) is 54.0. The average molecular weight is 1280 g/mol. The lowest BCUT2D eigenvalue weighted by Gasteiger charge is -2.14. The molecule has 1 N–H and O–H groups in total. The third-order valence-corrected chi connectivity index (χ3v) is 20.5. The Hall–Kier alpha value is -12.9. The highest BCUT2D eigenvalue weighted by atomic mass is 35.5. The summed E-state index contributed by atoms with van der Waals surface area (Å²) in [5.41, 5.74) is 10.3. The van der Waals surface area contributed by atoms with Gasteiger partial charge >= 0.3 is 0 Å². The quantitative estimate of drug-likeness (QED) is 0.141. The first-order valence-electron chi connectivity index (χ1n) is 33.6. The van der Waals surface area contributed by atoms with Crippen LogP contribution in [0.5, 0.6) is 0 Å². The molecule has 6 nitrogen and oxygen atoms in total. The molecule has 0 radical (unpaired) electrons. The van der Waals surface area contributed by atoms with Gasteiger partial charge in [-0.2, -0.15) is 0 Å². The number of hydrogen-bond donors (Lipinski definition) is 1. The van der Waals surface area contributed by atoms with Gasteiger partial charge in [0.15, 0.2) is 0 Å². The SMILES string of the molecule is Clc1nc(-c2ccccc2)c2ccc3ccccc3c2n1.c1ccc(-c2nc(-n3c4ccc5ccccc5c4c4c5c6ccccc6c6ccccc6c5ccc43)nc3c2ccc2ccccc23)cc1.c1ccc2c(c1)ccc1[nH]c3ccc4c5ccccc5c5ccccc5c4c3c12. The number of aromatic nitrogens is 6. The fourth-order valence-corrected chi connectivity index (χ4v) is 16.2. The van der Waals surface area contributed by atoms with Crippen LogP contribution in [-0.4, -0.2) is 29.5 Å². The summed E-state index contributed by atoms with van der Waals surface area (Å²) in [7, 11) is 0. The number of benzene rings is 18.